The second kappa shape index (κ2) is 3.92. The molecule has 2 radical (unpaired) electrons. The summed E-state index contributed by atoms with van der Waals surface area (Å²) in [5.41, 5.74) is 0. The molecule has 0 spiro atoms. The monoisotopic (exact) mass is 73.1 g/mol. The fourth-order valence-corrected chi connectivity index (χ4v) is 0.0833. The molecule has 0 aromatic heterocycles. The van der Waals surface area contributed by atoms with Gasteiger partial charge in [-0.05, 0) is 6.54 Å². The van der Waals surface area contributed by atoms with E-state index in [0.29, 0.717) is 6.73 Å². The molecule has 2 heteroatoms. The van der Waals surface area contributed by atoms with E-state index in [1.807, 2.05) is 6.92 Å². The van der Waals surface area contributed by atoms with Crippen molar-refractivity contribution in [1.82, 2.24) is 5.32 Å². The first-order valence-electron chi connectivity index (χ1n) is 1.59. The van der Waals surface area contributed by atoms with Gasteiger partial charge in [-0.25, -0.2) is 5.11 Å². The molecule has 0 heterocycles. The average molecular weight is 73.1 g/mol. The second-order valence-electron chi connectivity index (χ2n) is 0.676. The van der Waals surface area contributed by atoms with Crippen LogP contribution >= 0.6 is 0 Å². The number of hydrogen-bond acceptors (Lipinski definition) is 1. The van der Waals surface area contributed by atoms with Gasteiger partial charge in [0, 0.05) is 0 Å². The first kappa shape index (κ1) is 4.92. The normalized spacial score (nSPS) is 8.40. The van der Waals surface area contributed by atoms with Gasteiger partial charge < -0.3 is 0 Å². The van der Waals surface area contributed by atoms with Crippen molar-refractivity contribution in [2.75, 3.05) is 6.54 Å². The smallest absolute Gasteiger partial charge is 0.186 e. The van der Waals surface area contributed by atoms with Crippen molar-refractivity contribution < 1.29 is 5.11 Å². The van der Waals surface area contributed by atoms with E-state index in [2.05, 4.69) is 5.32 Å². The molecule has 0 aliphatic heterocycles. The van der Waals surface area contributed by atoms with Gasteiger partial charge in [0.05, 0.1) is 0 Å². The van der Waals surface area contributed by atoms with E-state index >= 15 is 0 Å². The summed E-state index contributed by atoms with van der Waals surface area (Å²) in [4.78, 5) is 0. The molecule has 0 aliphatic carbocycles. The summed E-state index contributed by atoms with van der Waals surface area (Å²) in [6.45, 7) is 3.28. The third-order valence-corrected chi connectivity index (χ3v) is 0.287. The van der Waals surface area contributed by atoms with Gasteiger partial charge in [0.15, 0.2) is 6.73 Å². The third-order valence-electron chi connectivity index (χ3n) is 0.287. The maximum atomic E-state index is 9.29. The van der Waals surface area contributed by atoms with Crippen molar-refractivity contribution in [3.63, 3.8) is 0 Å². The van der Waals surface area contributed by atoms with Crippen molar-refractivity contribution >= 4 is 0 Å². The highest BCUT2D eigenvalue weighted by Crippen LogP contribution is 1.52. The highest BCUT2D eigenvalue weighted by molar-refractivity contribution is 4.34. The van der Waals surface area contributed by atoms with Crippen LogP contribution in [-0.4, -0.2) is 6.54 Å². The topological polar surface area (TPSA) is 31.9 Å². The van der Waals surface area contributed by atoms with Crippen molar-refractivity contribution in [1.29, 1.82) is 0 Å². The zero-order chi connectivity index (χ0) is 4.12. The maximum Gasteiger partial charge on any atom is 0.186 e. The molecule has 0 aromatic rings. The standard InChI is InChI=1S/C3H7NO/c1-2-4-3-5/h3-4H,2H2,1H3. The van der Waals surface area contributed by atoms with Crippen LogP contribution in [0.5, 0.6) is 0 Å². The predicted molar refractivity (Wildman–Crippen MR) is 18.7 cm³/mol. The van der Waals surface area contributed by atoms with Crippen LogP contribution in [0.1, 0.15) is 6.92 Å². The summed E-state index contributed by atoms with van der Waals surface area (Å²) >= 11 is 0. The molecule has 0 saturated carbocycles. The number of hydrogen-bond donors (Lipinski definition) is 1. The zero-order valence-corrected chi connectivity index (χ0v) is 3.19. The lowest BCUT2D eigenvalue weighted by molar-refractivity contribution is 0.251. The molecule has 0 amide bonds. The van der Waals surface area contributed by atoms with Gasteiger partial charge in [-0.3, -0.25) is 5.32 Å². The molecule has 0 fully saturated rings. The van der Waals surface area contributed by atoms with Crippen LogP contribution in [-0.2, 0) is 5.11 Å². The highest BCUT2D eigenvalue weighted by atomic mass is 16.3. The van der Waals surface area contributed by atoms with E-state index in [1.165, 1.54) is 0 Å². The molecule has 0 saturated heterocycles. The molecule has 1 N–H and O–H groups in total. The fourth-order valence-electron chi connectivity index (χ4n) is 0.0833. The summed E-state index contributed by atoms with van der Waals surface area (Å²) in [5.74, 6) is 0. The van der Waals surface area contributed by atoms with E-state index in [1.54, 1.807) is 0 Å². The Bertz CT molecular complexity index is 14.4. The van der Waals surface area contributed by atoms with E-state index in [0.717, 1.165) is 6.54 Å². The second-order valence-corrected chi connectivity index (χ2v) is 0.676. The first-order chi connectivity index (χ1) is 2.41. The van der Waals surface area contributed by atoms with Gasteiger partial charge in [0.25, 0.3) is 0 Å². The van der Waals surface area contributed by atoms with Crippen molar-refractivity contribution in [3.05, 3.63) is 6.73 Å². The van der Waals surface area contributed by atoms with Gasteiger partial charge in [0.1, 0.15) is 0 Å². The summed E-state index contributed by atoms with van der Waals surface area (Å²) in [6, 6.07) is 0. The summed E-state index contributed by atoms with van der Waals surface area (Å²) in [6.07, 6.45) is 0. The van der Waals surface area contributed by atoms with Crippen LogP contribution < -0.4 is 5.32 Å². The Morgan fingerprint density at radius 1 is 2.00 bits per heavy atom. The molecular formula is C3H7NO. The Kier molecular flexibility index (Phi) is 3.86. The quantitative estimate of drug-likeness (QED) is 0.495. The highest BCUT2D eigenvalue weighted by Gasteiger charge is 1.67. The molecule has 0 atom stereocenters. The minimum absolute atomic E-state index is 0.681. The lowest BCUT2D eigenvalue weighted by Crippen LogP contribution is -2.05. The molecule has 0 aromatic carbocycles. The van der Waals surface area contributed by atoms with Gasteiger partial charge in [-0.15, -0.1) is 0 Å². The third kappa shape index (κ3) is 3.92. The summed E-state index contributed by atoms with van der Waals surface area (Å²) in [5, 5.41) is 11.7. The summed E-state index contributed by atoms with van der Waals surface area (Å²) in [7, 11) is 0. The van der Waals surface area contributed by atoms with Crippen LogP contribution in [0.25, 0.3) is 0 Å². The molecule has 0 aliphatic rings. The van der Waals surface area contributed by atoms with E-state index < -0.39 is 0 Å². The Balaban J connectivity index is 2.19. The Hall–Kier alpha value is -0.0800. The molecule has 30 valence electrons. The molecule has 0 unspecified atom stereocenters. The van der Waals surface area contributed by atoms with Crippen molar-refractivity contribution in [2.45, 2.75) is 6.92 Å². The molecule has 0 rings (SSSR count). The Morgan fingerprint density at radius 2 is 2.60 bits per heavy atom. The number of nitrogens with one attached hydrogen (secondary N) is 1. The minimum Gasteiger partial charge on any atom is -0.286 e. The Labute approximate surface area is 31.8 Å². The van der Waals surface area contributed by atoms with Crippen molar-refractivity contribution in [3.8, 4) is 0 Å². The maximum absolute atomic E-state index is 9.29. The largest absolute Gasteiger partial charge is 0.286 e. The van der Waals surface area contributed by atoms with Crippen LogP contribution in [0.3, 0.4) is 0 Å². The molecular weight excluding hydrogens is 66.0 g/mol. The lowest BCUT2D eigenvalue weighted by atomic mass is 10.8. The van der Waals surface area contributed by atoms with E-state index in [9.17, 15) is 5.11 Å². The van der Waals surface area contributed by atoms with Gasteiger partial charge in [-0.2, -0.15) is 0 Å². The first-order valence-corrected chi connectivity index (χ1v) is 1.59. The number of rotatable bonds is 2. The summed E-state index contributed by atoms with van der Waals surface area (Å²) < 4.78 is 0. The van der Waals surface area contributed by atoms with E-state index in [-0.39, 0.29) is 0 Å². The van der Waals surface area contributed by atoms with Crippen LogP contribution in [0, 0.1) is 6.73 Å². The SMILES string of the molecule is CCN[CH][O]. The Morgan fingerprint density at radius 3 is 2.60 bits per heavy atom. The fraction of sp³-hybridized carbons (Fsp3) is 0.667. The van der Waals surface area contributed by atoms with Gasteiger partial charge in [0.2, 0.25) is 0 Å². The van der Waals surface area contributed by atoms with Gasteiger partial charge >= 0.3 is 0 Å². The zero-order valence-electron chi connectivity index (χ0n) is 3.19. The van der Waals surface area contributed by atoms with E-state index in [4.69, 9.17) is 0 Å². The van der Waals surface area contributed by atoms with Crippen molar-refractivity contribution in [2.24, 2.45) is 0 Å². The predicted octanol–water partition coefficient (Wildman–Crippen LogP) is 0.146. The van der Waals surface area contributed by atoms with Gasteiger partial charge in [-0.1, -0.05) is 6.92 Å². The van der Waals surface area contributed by atoms with Crippen LogP contribution in [0.4, 0.5) is 0 Å². The minimum atomic E-state index is 0.681. The molecule has 0 bridgehead atoms. The molecule has 2 nitrogen and oxygen atoms in total. The van der Waals surface area contributed by atoms with Crippen LogP contribution in [0.15, 0.2) is 0 Å². The average Bonchev–Trinajstić information content (AvgIpc) is 1.41. The molecule has 5 heavy (non-hydrogen) atoms. The lowest BCUT2D eigenvalue weighted by Gasteiger charge is -1.81. The van der Waals surface area contributed by atoms with Crippen LogP contribution in [0.2, 0.25) is 0 Å².